The lowest BCUT2D eigenvalue weighted by molar-refractivity contribution is 0.000550. The van der Waals surface area contributed by atoms with Gasteiger partial charge in [-0.05, 0) is 75.7 Å². The normalized spacial score (nSPS) is 16.1. The first-order chi connectivity index (χ1) is 18.5. The number of benzene rings is 3. The van der Waals surface area contributed by atoms with Crippen LogP contribution in [0.4, 0.5) is 14.9 Å². The molecule has 4 rings (SSSR count). The van der Waals surface area contributed by atoms with Crippen molar-refractivity contribution in [2.45, 2.75) is 45.9 Å². The standard InChI is InChI=1S/C31H36FN3O4/c1-22-20-34(16-17-35(22)30(37)39-31(2,3)4)21-23-12-14-26(15-13-23)33(5)29(36)24-8-6-10-27(18-24)38-28-11-7-9-25(32)19-28/h6-15,18-19,22H,16-17,20-21H2,1-5H3/t22-/m0/s1. The molecule has 1 fully saturated rings. The smallest absolute Gasteiger partial charge is 0.410 e. The number of ether oxygens (including phenoxy) is 2. The van der Waals surface area contributed by atoms with Crippen LogP contribution in [0.2, 0.25) is 0 Å². The minimum atomic E-state index is -0.510. The van der Waals surface area contributed by atoms with E-state index in [2.05, 4.69) is 4.90 Å². The molecule has 0 saturated carbocycles. The van der Waals surface area contributed by atoms with Crippen LogP contribution >= 0.6 is 0 Å². The summed E-state index contributed by atoms with van der Waals surface area (Å²) in [6, 6.07) is 20.7. The Balaban J connectivity index is 1.34. The summed E-state index contributed by atoms with van der Waals surface area (Å²) in [5.41, 5.74) is 1.85. The van der Waals surface area contributed by atoms with Crippen molar-refractivity contribution in [3.05, 3.63) is 89.7 Å². The van der Waals surface area contributed by atoms with Gasteiger partial charge in [-0.15, -0.1) is 0 Å². The van der Waals surface area contributed by atoms with E-state index in [-0.39, 0.29) is 23.9 Å². The lowest BCUT2D eigenvalue weighted by atomic mass is 10.1. The Kier molecular flexibility index (Phi) is 8.55. The van der Waals surface area contributed by atoms with Crippen LogP contribution in [0, 0.1) is 5.82 Å². The average Bonchev–Trinajstić information content (AvgIpc) is 2.87. The van der Waals surface area contributed by atoms with Crippen LogP contribution in [-0.4, -0.2) is 60.1 Å². The first-order valence-electron chi connectivity index (χ1n) is 13.1. The second-order valence-corrected chi connectivity index (χ2v) is 10.9. The maximum Gasteiger partial charge on any atom is 0.410 e. The highest BCUT2D eigenvalue weighted by molar-refractivity contribution is 6.05. The molecule has 0 unspecified atom stereocenters. The topological polar surface area (TPSA) is 62.3 Å². The van der Waals surface area contributed by atoms with Gasteiger partial charge in [0, 0.05) is 56.6 Å². The minimum absolute atomic E-state index is 0.0530. The molecule has 0 radical (unpaired) electrons. The molecule has 1 aliphatic rings. The molecule has 0 spiro atoms. The van der Waals surface area contributed by atoms with Crippen LogP contribution in [0.5, 0.6) is 11.5 Å². The second-order valence-electron chi connectivity index (χ2n) is 10.9. The Morgan fingerprint density at radius 1 is 0.974 bits per heavy atom. The molecule has 1 saturated heterocycles. The fraction of sp³-hybridized carbons (Fsp3) is 0.355. The molecule has 39 heavy (non-hydrogen) atoms. The summed E-state index contributed by atoms with van der Waals surface area (Å²) in [4.78, 5) is 31.4. The number of amides is 2. The second kappa shape index (κ2) is 11.9. The first kappa shape index (κ1) is 28.1. The van der Waals surface area contributed by atoms with Crippen molar-refractivity contribution in [3.8, 4) is 11.5 Å². The molecule has 0 aliphatic carbocycles. The van der Waals surface area contributed by atoms with Crippen molar-refractivity contribution in [3.63, 3.8) is 0 Å². The largest absolute Gasteiger partial charge is 0.457 e. The Morgan fingerprint density at radius 3 is 2.28 bits per heavy atom. The molecule has 7 nitrogen and oxygen atoms in total. The number of carbonyl (C=O) groups excluding carboxylic acids is 2. The van der Waals surface area contributed by atoms with Gasteiger partial charge in [-0.2, -0.15) is 0 Å². The number of rotatable bonds is 6. The van der Waals surface area contributed by atoms with Gasteiger partial charge in [-0.3, -0.25) is 9.69 Å². The molecular weight excluding hydrogens is 497 g/mol. The van der Waals surface area contributed by atoms with Crippen molar-refractivity contribution >= 4 is 17.7 Å². The summed E-state index contributed by atoms with van der Waals surface area (Å²) in [6.07, 6.45) is -0.266. The zero-order valence-corrected chi connectivity index (χ0v) is 23.2. The number of halogens is 1. The molecule has 1 aliphatic heterocycles. The molecule has 0 bridgehead atoms. The molecule has 1 atom stereocenters. The van der Waals surface area contributed by atoms with E-state index in [1.165, 1.54) is 12.1 Å². The molecule has 206 valence electrons. The van der Waals surface area contributed by atoms with Gasteiger partial charge in [0.15, 0.2) is 0 Å². The molecule has 3 aromatic carbocycles. The highest BCUT2D eigenvalue weighted by Crippen LogP contribution is 2.25. The quantitative estimate of drug-likeness (QED) is 0.370. The van der Waals surface area contributed by atoms with E-state index in [4.69, 9.17) is 9.47 Å². The third kappa shape index (κ3) is 7.57. The molecule has 0 aromatic heterocycles. The van der Waals surface area contributed by atoms with Crippen molar-refractivity contribution in [1.82, 2.24) is 9.80 Å². The van der Waals surface area contributed by atoms with E-state index < -0.39 is 5.60 Å². The van der Waals surface area contributed by atoms with Crippen molar-refractivity contribution < 1.29 is 23.5 Å². The van der Waals surface area contributed by atoms with E-state index in [1.54, 1.807) is 53.2 Å². The van der Waals surface area contributed by atoms with Crippen LogP contribution in [0.15, 0.2) is 72.8 Å². The fourth-order valence-electron chi connectivity index (χ4n) is 4.52. The van der Waals surface area contributed by atoms with Gasteiger partial charge in [-0.1, -0.05) is 24.3 Å². The van der Waals surface area contributed by atoms with Crippen LogP contribution < -0.4 is 9.64 Å². The average molecular weight is 534 g/mol. The Hall–Kier alpha value is -3.91. The van der Waals surface area contributed by atoms with Crippen LogP contribution in [0.3, 0.4) is 0 Å². The Labute approximate surface area is 229 Å². The maximum atomic E-state index is 13.5. The number of hydrogen-bond acceptors (Lipinski definition) is 5. The number of anilines is 1. The third-order valence-corrected chi connectivity index (χ3v) is 6.49. The van der Waals surface area contributed by atoms with E-state index in [0.717, 1.165) is 30.9 Å². The summed E-state index contributed by atoms with van der Waals surface area (Å²) < 4.78 is 24.7. The highest BCUT2D eigenvalue weighted by atomic mass is 19.1. The number of carbonyl (C=O) groups is 2. The van der Waals surface area contributed by atoms with Gasteiger partial charge in [0.2, 0.25) is 0 Å². The monoisotopic (exact) mass is 533 g/mol. The van der Waals surface area contributed by atoms with Crippen molar-refractivity contribution in [2.75, 3.05) is 31.6 Å². The number of hydrogen-bond donors (Lipinski definition) is 0. The van der Waals surface area contributed by atoms with Gasteiger partial charge in [-0.25, -0.2) is 9.18 Å². The first-order valence-corrected chi connectivity index (χ1v) is 13.1. The zero-order chi connectivity index (χ0) is 28.2. The predicted molar refractivity (Wildman–Crippen MR) is 150 cm³/mol. The van der Waals surface area contributed by atoms with Gasteiger partial charge < -0.3 is 19.3 Å². The lowest BCUT2D eigenvalue weighted by Gasteiger charge is -2.40. The summed E-state index contributed by atoms with van der Waals surface area (Å²) >= 11 is 0. The fourth-order valence-corrected chi connectivity index (χ4v) is 4.52. The summed E-state index contributed by atoms with van der Waals surface area (Å²) in [6.45, 7) is 10.6. The lowest BCUT2D eigenvalue weighted by Crippen LogP contribution is -2.54. The predicted octanol–water partition coefficient (Wildman–Crippen LogP) is 6.34. The van der Waals surface area contributed by atoms with E-state index in [9.17, 15) is 14.0 Å². The maximum absolute atomic E-state index is 13.5. The van der Waals surface area contributed by atoms with Crippen LogP contribution in [-0.2, 0) is 11.3 Å². The number of piperazine rings is 1. The Bertz CT molecular complexity index is 1310. The molecule has 0 N–H and O–H groups in total. The number of nitrogens with zero attached hydrogens (tertiary/aromatic N) is 3. The third-order valence-electron chi connectivity index (χ3n) is 6.49. The molecule has 1 heterocycles. The van der Waals surface area contributed by atoms with Gasteiger partial charge in [0.1, 0.15) is 22.9 Å². The van der Waals surface area contributed by atoms with Gasteiger partial charge in [0.05, 0.1) is 0 Å². The molecule has 8 heteroatoms. The van der Waals surface area contributed by atoms with E-state index >= 15 is 0 Å². The summed E-state index contributed by atoms with van der Waals surface area (Å²) in [5.74, 6) is 0.250. The van der Waals surface area contributed by atoms with E-state index in [0.29, 0.717) is 23.6 Å². The van der Waals surface area contributed by atoms with Crippen LogP contribution in [0.25, 0.3) is 0 Å². The zero-order valence-electron chi connectivity index (χ0n) is 23.2. The van der Waals surface area contributed by atoms with E-state index in [1.807, 2.05) is 52.0 Å². The van der Waals surface area contributed by atoms with Gasteiger partial charge in [0.25, 0.3) is 5.91 Å². The van der Waals surface area contributed by atoms with Crippen molar-refractivity contribution in [1.29, 1.82) is 0 Å². The van der Waals surface area contributed by atoms with Crippen molar-refractivity contribution in [2.24, 2.45) is 0 Å². The van der Waals surface area contributed by atoms with Crippen LogP contribution in [0.1, 0.15) is 43.6 Å². The molecule has 2 amide bonds. The highest BCUT2D eigenvalue weighted by Gasteiger charge is 2.30. The molecular formula is C31H36FN3O4. The summed E-state index contributed by atoms with van der Waals surface area (Å²) in [5, 5.41) is 0. The Morgan fingerprint density at radius 2 is 1.64 bits per heavy atom. The summed E-state index contributed by atoms with van der Waals surface area (Å²) in [7, 11) is 1.73. The molecule has 3 aromatic rings. The SMILES string of the molecule is C[C@H]1CN(Cc2ccc(N(C)C(=O)c3cccc(Oc4cccc(F)c4)c3)cc2)CCN1C(=O)OC(C)(C)C. The van der Waals surface area contributed by atoms with Gasteiger partial charge >= 0.3 is 6.09 Å². The minimum Gasteiger partial charge on any atom is -0.457 e.